The van der Waals surface area contributed by atoms with Gasteiger partial charge in [0.25, 0.3) is 0 Å². The van der Waals surface area contributed by atoms with Crippen molar-refractivity contribution in [1.82, 2.24) is 15.1 Å². The van der Waals surface area contributed by atoms with E-state index in [9.17, 15) is 14.4 Å². The molecule has 1 atom stereocenters. The van der Waals surface area contributed by atoms with Crippen LogP contribution in [0.4, 0.5) is 0 Å². The molecule has 2 aliphatic heterocycles. The quantitative estimate of drug-likeness (QED) is 0.798. The minimum absolute atomic E-state index is 0.0325. The SMILES string of the molecule is O=C(NC(C(=O)N1CCCC1)C1CCN(C(=O)Cc2ccccc2)CC1)C1CC1. The van der Waals surface area contributed by atoms with E-state index in [1.807, 2.05) is 40.1 Å². The van der Waals surface area contributed by atoms with Gasteiger partial charge in [-0.1, -0.05) is 30.3 Å². The fourth-order valence-electron chi connectivity index (χ4n) is 4.50. The molecule has 0 aromatic heterocycles. The van der Waals surface area contributed by atoms with Crippen molar-refractivity contribution in [3.8, 4) is 0 Å². The van der Waals surface area contributed by atoms with Crippen molar-refractivity contribution < 1.29 is 14.4 Å². The summed E-state index contributed by atoms with van der Waals surface area (Å²) in [7, 11) is 0. The topological polar surface area (TPSA) is 69.7 Å². The van der Waals surface area contributed by atoms with Crippen molar-refractivity contribution >= 4 is 17.7 Å². The Morgan fingerprint density at radius 1 is 0.897 bits per heavy atom. The minimum Gasteiger partial charge on any atom is -0.344 e. The maximum Gasteiger partial charge on any atom is 0.245 e. The maximum absolute atomic E-state index is 13.1. The van der Waals surface area contributed by atoms with Gasteiger partial charge >= 0.3 is 0 Å². The molecule has 6 nitrogen and oxygen atoms in total. The monoisotopic (exact) mass is 397 g/mol. The summed E-state index contributed by atoms with van der Waals surface area (Å²) in [6.45, 7) is 2.89. The number of rotatable bonds is 6. The predicted molar refractivity (Wildman–Crippen MR) is 110 cm³/mol. The van der Waals surface area contributed by atoms with E-state index < -0.39 is 6.04 Å². The number of carbonyl (C=O) groups is 3. The fourth-order valence-corrected chi connectivity index (χ4v) is 4.50. The Morgan fingerprint density at radius 3 is 2.17 bits per heavy atom. The summed E-state index contributed by atoms with van der Waals surface area (Å²) in [5, 5.41) is 3.08. The average Bonchev–Trinajstić information content (AvgIpc) is 3.46. The number of nitrogens with one attached hydrogen (secondary N) is 1. The molecule has 1 aromatic carbocycles. The highest BCUT2D eigenvalue weighted by Gasteiger charge is 2.39. The number of carbonyl (C=O) groups excluding carboxylic acids is 3. The molecule has 2 heterocycles. The van der Waals surface area contributed by atoms with Crippen LogP contribution < -0.4 is 5.32 Å². The van der Waals surface area contributed by atoms with Crippen LogP contribution in [0.15, 0.2) is 30.3 Å². The van der Waals surface area contributed by atoms with E-state index in [2.05, 4.69) is 5.32 Å². The molecule has 1 aromatic rings. The van der Waals surface area contributed by atoms with Gasteiger partial charge in [0.05, 0.1) is 6.42 Å². The van der Waals surface area contributed by atoms with Gasteiger partial charge in [-0.2, -0.15) is 0 Å². The van der Waals surface area contributed by atoms with Crippen LogP contribution in [0.3, 0.4) is 0 Å². The zero-order chi connectivity index (χ0) is 20.2. The van der Waals surface area contributed by atoms with Crippen LogP contribution in [0.1, 0.15) is 44.1 Å². The number of likely N-dealkylation sites (tertiary alicyclic amines) is 2. The Kier molecular flexibility index (Phi) is 6.16. The molecular formula is C23H31N3O3. The summed E-state index contributed by atoms with van der Waals surface area (Å²) in [6.07, 6.45) is 5.89. The Bertz CT molecular complexity index is 733. The minimum atomic E-state index is -0.437. The van der Waals surface area contributed by atoms with Gasteiger partial charge in [0.2, 0.25) is 17.7 Å². The van der Waals surface area contributed by atoms with Gasteiger partial charge in [-0.3, -0.25) is 14.4 Å². The van der Waals surface area contributed by atoms with Crippen molar-refractivity contribution in [1.29, 1.82) is 0 Å². The van der Waals surface area contributed by atoms with Crippen LogP contribution in [-0.4, -0.2) is 59.7 Å². The van der Waals surface area contributed by atoms with Crippen molar-refractivity contribution in [2.45, 2.75) is 51.0 Å². The number of nitrogens with zero attached hydrogens (tertiary/aromatic N) is 2. The van der Waals surface area contributed by atoms with Gasteiger partial charge in [0, 0.05) is 32.1 Å². The van der Waals surface area contributed by atoms with Crippen LogP contribution in [-0.2, 0) is 20.8 Å². The third-order valence-electron chi connectivity index (χ3n) is 6.49. The second kappa shape index (κ2) is 8.97. The summed E-state index contributed by atoms with van der Waals surface area (Å²) in [6, 6.07) is 9.36. The second-order valence-corrected chi connectivity index (χ2v) is 8.67. The largest absolute Gasteiger partial charge is 0.344 e. The number of benzene rings is 1. The second-order valence-electron chi connectivity index (χ2n) is 8.67. The van der Waals surface area contributed by atoms with Crippen LogP contribution in [0.25, 0.3) is 0 Å². The third-order valence-corrected chi connectivity index (χ3v) is 6.49. The first kappa shape index (κ1) is 19.9. The molecule has 1 aliphatic carbocycles. The van der Waals surface area contributed by atoms with Crippen molar-refractivity contribution in [3.63, 3.8) is 0 Å². The summed E-state index contributed by atoms with van der Waals surface area (Å²) >= 11 is 0. The van der Waals surface area contributed by atoms with E-state index in [1.54, 1.807) is 0 Å². The highest BCUT2D eigenvalue weighted by molar-refractivity contribution is 5.89. The first-order valence-electron chi connectivity index (χ1n) is 11.0. The number of amides is 3. The Hall–Kier alpha value is -2.37. The predicted octanol–water partition coefficient (Wildman–Crippen LogP) is 1.98. The standard InChI is InChI=1S/C23H31N3O3/c27-20(16-17-6-2-1-3-7-17)25-14-10-18(11-15-25)21(24-22(28)19-8-9-19)23(29)26-12-4-5-13-26/h1-3,6-7,18-19,21H,4-5,8-16H2,(H,24,28). The molecular weight excluding hydrogens is 366 g/mol. The maximum atomic E-state index is 13.1. The van der Waals surface area contributed by atoms with Gasteiger partial charge in [-0.25, -0.2) is 0 Å². The molecule has 3 fully saturated rings. The van der Waals surface area contributed by atoms with Gasteiger partial charge < -0.3 is 15.1 Å². The van der Waals surface area contributed by atoms with E-state index in [0.717, 1.165) is 57.2 Å². The smallest absolute Gasteiger partial charge is 0.245 e. The van der Waals surface area contributed by atoms with Gasteiger partial charge in [0.15, 0.2) is 0 Å². The van der Waals surface area contributed by atoms with E-state index in [1.165, 1.54) is 0 Å². The molecule has 156 valence electrons. The van der Waals surface area contributed by atoms with Crippen molar-refractivity contribution in [3.05, 3.63) is 35.9 Å². The highest BCUT2D eigenvalue weighted by atomic mass is 16.2. The third kappa shape index (κ3) is 4.98. The zero-order valence-corrected chi connectivity index (χ0v) is 17.0. The van der Waals surface area contributed by atoms with Crippen LogP contribution >= 0.6 is 0 Å². The van der Waals surface area contributed by atoms with Crippen LogP contribution in [0.2, 0.25) is 0 Å². The lowest BCUT2D eigenvalue weighted by Crippen LogP contribution is -2.54. The molecule has 4 rings (SSSR count). The average molecular weight is 398 g/mol. The zero-order valence-electron chi connectivity index (χ0n) is 17.0. The lowest BCUT2D eigenvalue weighted by Gasteiger charge is -2.37. The van der Waals surface area contributed by atoms with Crippen molar-refractivity contribution in [2.24, 2.45) is 11.8 Å². The first-order chi connectivity index (χ1) is 14.1. The Balaban J connectivity index is 1.35. The molecule has 2 saturated heterocycles. The van der Waals surface area contributed by atoms with Crippen LogP contribution in [0, 0.1) is 11.8 Å². The molecule has 0 bridgehead atoms. The van der Waals surface area contributed by atoms with E-state index in [-0.39, 0.29) is 29.6 Å². The number of hydrogen-bond acceptors (Lipinski definition) is 3. The van der Waals surface area contributed by atoms with E-state index in [4.69, 9.17) is 0 Å². The van der Waals surface area contributed by atoms with E-state index >= 15 is 0 Å². The molecule has 6 heteroatoms. The summed E-state index contributed by atoms with van der Waals surface area (Å²) in [5.74, 6) is 0.442. The lowest BCUT2D eigenvalue weighted by molar-refractivity contribution is -0.139. The molecule has 3 aliphatic rings. The first-order valence-corrected chi connectivity index (χ1v) is 11.0. The number of hydrogen-bond donors (Lipinski definition) is 1. The molecule has 1 N–H and O–H groups in total. The molecule has 0 spiro atoms. The Labute approximate surface area is 172 Å². The van der Waals surface area contributed by atoms with Gasteiger partial charge in [0.1, 0.15) is 6.04 Å². The van der Waals surface area contributed by atoms with Gasteiger partial charge in [-0.05, 0) is 50.0 Å². The molecule has 1 unspecified atom stereocenters. The van der Waals surface area contributed by atoms with Crippen molar-refractivity contribution in [2.75, 3.05) is 26.2 Å². The highest BCUT2D eigenvalue weighted by Crippen LogP contribution is 2.30. The summed E-state index contributed by atoms with van der Waals surface area (Å²) in [5.41, 5.74) is 1.03. The summed E-state index contributed by atoms with van der Waals surface area (Å²) in [4.78, 5) is 42.0. The van der Waals surface area contributed by atoms with Crippen LogP contribution in [0.5, 0.6) is 0 Å². The molecule has 1 saturated carbocycles. The Morgan fingerprint density at radius 2 is 1.55 bits per heavy atom. The molecule has 0 radical (unpaired) electrons. The molecule has 29 heavy (non-hydrogen) atoms. The normalized spacial score (nSPS) is 21.1. The lowest BCUT2D eigenvalue weighted by atomic mass is 9.88. The van der Waals surface area contributed by atoms with Gasteiger partial charge in [-0.15, -0.1) is 0 Å². The number of piperidine rings is 1. The summed E-state index contributed by atoms with van der Waals surface area (Å²) < 4.78 is 0. The van der Waals surface area contributed by atoms with E-state index in [0.29, 0.717) is 19.5 Å². The molecule has 3 amide bonds. The fraction of sp³-hybridized carbons (Fsp3) is 0.609.